The molecule has 0 aliphatic carbocycles. The van der Waals surface area contributed by atoms with Crippen molar-refractivity contribution in [2.24, 2.45) is 0 Å². The average Bonchev–Trinajstić information content (AvgIpc) is 2.95. The molecule has 3 nitrogen and oxygen atoms in total. The van der Waals surface area contributed by atoms with Crippen molar-refractivity contribution in [3.8, 4) is 11.5 Å². The SMILES string of the molecule is CNC1COc2cc(OCCCc3ccccc3)ccc21. The van der Waals surface area contributed by atoms with Gasteiger partial charge in [-0.3, -0.25) is 0 Å². The van der Waals surface area contributed by atoms with Crippen molar-refractivity contribution in [1.82, 2.24) is 5.32 Å². The maximum Gasteiger partial charge on any atom is 0.127 e. The molecule has 1 aliphatic rings. The lowest BCUT2D eigenvalue weighted by Gasteiger charge is -2.09. The molecule has 1 unspecified atom stereocenters. The molecule has 2 aromatic rings. The number of benzene rings is 2. The van der Waals surface area contributed by atoms with Gasteiger partial charge in [0.25, 0.3) is 0 Å². The third kappa shape index (κ3) is 3.37. The summed E-state index contributed by atoms with van der Waals surface area (Å²) in [6.45, 7) is 1.42. The number of aryl methyl sites for hydroxylation is 1. The highest BCUT2D eigenvalue weighted by atomic mass is 16.5. The first-order valence-electron chi connectivity index (χ1n) is 7.47. The van der Waals surface area contributed by atoms with Crippen LogP contribution in [0.15, 0.2) is 48.5 Å². The van der Waals surface area contributed by atoms with Crippen LogP contribution in [0.5, 0.6) is 11.5 Å². The summed E-state index contributed by atoms with van der Waals surface area (Å²) in [6.07, 6.45) is 2.06. The van der Waals surface area contributed by atoms with E-state index in [1.54, 1.807) is 0 Å². The van der Waals surface area contributed by atoms with Gasteiger partial charge in [-0.25, -0.2) is 0 Å². The number of ether oxygens (including phenoxy) is 2. The molecule has 0 amide bonds. The van der Waals surface area contributed by atoms with Crippen molar-refractivity contribution in [2.75, 3.05) is 20.3 Å². The Bertz CT molecular complexity index is 583. The minimum atomic E-state index is 0.298. The molecule has 1 aliphatic heterocycles. The zero-order valence-corrected chi connectivity index (χ0v) is 12.3. The van der Waals surface area contributed by atoms with Gasteiger partial charge >= 0.3 is 0 Å². The van der Waals surface area contributed by atoms with E-state index in [0.717, 1.165) is 30.9 Å². The Morgan fingerprint density at radius 3 is 2.86 bits per heavy atom. The van der Waals surface area contributed by atoms with E-state index in [1.165, 1.54) is 11.1 Å². The number of nitrogens with one attached hydrogen (secondary N) is 1. The van der Waals surface area contributed by atoms with Crippen LogP contribution in [-0.2, 0) is 6.42 Å². The molecular weight excluding hydrogens is 262 g/mol. The van der Waals surface area contributed by atoms with Gasteiger partial charge in [-0.05, 0) is 37.6 Å². The highest BCUT2D eigenvalue weighted by molar-refractivity contribution is 5.44. The van der Waals surface area contributed by atoms with Gasteiger partial charge in [-0.1, -0.05) is 30.3 Å². The maximum absolute atomic E-state index is 5.82. The largest absolute Gasteiger partial charge is 0.493 e. The first kappa shape index (κ1) is 14.0. The molecule has 1 N–H and O–H groups in total. The van der Waals surface area contributed by atoms with Crippen molar-refractivity contribution in [2.45, 2.75) is 18.9 Å². The minimum Gasteiger partial charge on any atom is -0.493 e. The zero-order valence-electron chi connectivity index (χ0n) is 12.3. The predicted octanol–water partition coefficient (Wildman–Crippen LogP) is 3.35. The van der Waals surface area contributed by atoms with Crippen LogP contribution in [-0.4, -0.2) is 20.3 Å². The number of likely N-dealkylation sites (N-methyl/N-ethyl adjacent to an activating group) is 1. The summed E-state index contributed by atoms with van der Waals surface area (Å²) in [5.41, 5.74) is 2.57. The second-order valence-electron chi connectivity index (χ2n) is 5.29. The van der Waals surface area contributed by atoms with E-state index in [-0.39, 0.29) is 0 Å². The Morgan fingerprint density at radius 1 is 1.19 bits per heavy atom. The summed E-state index contributed by atoms with van der Waals surface area (Å²) < 4.78 is 11.5. The number of hydrogen-bond acceptors (Lipinski definition) is 3. The van der Waals surface area contributed by atoms with E-state index in [0.29, 0.717) is 12.6 Å². The molecule has 0 aromatic heterocycles. The van der Waals surface area contributed by atoms with Crippen LogP contribution < -0.4 is 14.8 Å². The van der Waals surface area contributed by atoms with E-state index >= 15 is 0 Å². The van der Waals surface area contributed by atoms with E-state index in [1.807, 2.05) is 25.2 Å². The smallest absolute Gasteiger partial charge is 0.127 e. The molecule has 0 spiro atoms. The number of fused-ring (bicyclic) bond motifs is 1. The minimum absolute atomic E-state index is 0.298. The van der Waals surface area contributed by atoms with Crippen LogP contribution in [0, 0.1) is 0 Å². The molecule has 3 rings (SSSR count). The summed E-state index contributed by atoms with van der Waals surface area (Å²) in [5, 5.41) is 3.24. The fourth-order valence-electron chi connectivity index (χ4n) is 2.63. The Balaban J connectivity index is 1.50. The summed E-state index contributed by atoms with van der Waals surface area (Å²) in [7, 11) is 1.96. The molecule has 1 atom stereocenters. The van der Waals surface area contributed by atoms with E-state index < -0.39 is 0 Å². The Kier molecular flexibility index (Phi) is 4.41. The van der Waals surface area contributed by atoms with Gasteiger partial charge in [0, 0.05) is 11.6 Å². The molecule has 2 aromatic carbocycles. The standard InChI is InChI=1S/C18H21NO2/c1-19-17-13-21-18-12-15(9-10-16(17)18)20-11-5-8-14-6-3-2-4-7-14/h2-4,6-7,9-10,12,17,19H,5,8,11,13H2,1H3. The lowest BCUT2D eigenvalue weighted by atomic mass is 10.1. The Hall–Kier alpha value is -2.00. The molecule has 0 fully saturated rings. The van der Waals surface area contributed by atoms with Gasteiger partial charge in [0.1, 0.15) is 18.1 Å². The van der Waals surface area contributed by atoms with Crippen molar-refractivity contribution < 1.29 is 9.47 Å². The van der Waals surface area contributed by atoms with Crippen molar-refractivity contribution in [3.63, 3.8) is 0 Å². The molecule has 21 heavy (non-hydrogen) atoms. The quantitative estimate of drug-likeness (QED) is 0.825. The second-order valence-corrected chi connectivity index (χ2v) is 5.29. The van der Waals surface area contributed by atoms with Crippen molar-refractivity contribution >= 4 is 0 Å². The van der Waals surface area contributed by atoms with Gasteiger partial charge in [0.15, 0.2) is 0 Å². The lowest BCUT2D eigenvalue weighted by molar-refractivity contribution is 0.302. The first-order chi connectivity index (χ1) is 10.4. The topological polar surface area (TPSA) is 30.5 Å². The fraction of sp³-hybridized carbons (Fsp3) is 0.333. The third-order valence-electron chi connectivity index (χ3n) is 3.84. The zero-order chi connectivity index (χ0) is 14.5. The maximum atomic E-state index is 5.82. The molecule has 0 bridgehead atoms. The Labute approximate surface area is 125 Å². The van der Waals surface area contributed by atoms with Gasteiger partial charge < -0.3 is 14.8 Å². The van der Waals surface area contributed by atoms with Gasteiger partial charge in [-0.15, -0.1) is 0 Å². The summed E-state index contributed by atoms with van der Waals surface area (Å²) >= 11 is 0. The van der Waals surface area contributed by atoms with E-state index in [9.17, 15) is 0 Å². The van der Waals surface area contributed by atoms with Crippen LogP contribution in [0.3, 0.4) is 0 Å². The van der Waals surface area contributed by atoms with Crippen molar-refractivity contribution in [3.05, 3.63) is 59.7 Å². The number of hydrogen-bond donors (Lipinski definition) is 1. The lowest BCUT2D eigenvalue weighted by Crippen LogP contribution is -2.17. The first-order valence-corrected chi connectivity index (χ1v) is 7.47. The summed E-state index contributed by atoms with van der Waals surface area (Å²) in [4.78, 5) is 0. The fourth-order valence-corrected chi connectivity index (χ4v) is 2.63. The van der Waals surface area contributed by atoms with Crippen molar-refractivity contribution in [1.29, 1.82) is 0 Å². The average molecular weight is 283 g/mol. The van der Waals surface area contributed by atoms with E-state index in [4.69, 9.17) is 9.47 Å². The van der Waals surface area contributed by atoms with Crippen LogP contribution in [0.2, 0.25) is 0 Å². The highest BCUT2D eigenvalue weighted by Crippen LogP contribution is 2.34. The molecule has 3 heteroatoms. The molecule has 0 radical (unpaired) electrons. The second kappa shape index (κ2) is 6.64. The van der Waals surface area contributed by atoms with E-state index in [2.05, 4.69) is 35.6 Å². The summed E-state index contributed by atoms with van der Waals surface area (Å²) in [5.74, 6) is 1.83. The van der Waals surface area contributed by atoms with Crippen LogP contribution >= 0.6 is 0 Å². The van der Waals surface area contributed by atoms with Crippen LogP contribution in [0.1, 0.15) is 23.6 Å². The highest BCUT2D eigenvalue weighted by Gasteiger charge is 2.22. The normalized spacial score (nSPS) is 16.3. The van der Waals surface area contributed by atoms with Crippen LogP contribution in [0.25, 0.3) is 0 Å². The monoisotopic (exact) mass is 283 g/mol. The molecular formula is C18H21NO2. The predicted molar refractivity (Wildman–Crippen MR) is 84.0 cm³/mol. The van der Waals surface area contributed by atoms with Gasteiger partial charge in [0.05, 0.1) is 12.6 Å². The number of rotatable bonds is 6. The van der Waals surface area contributed by atoms with Gasteiger partial charge in [0.2, 0.25) is 0 Å². The van der Waals surface area contributed by atoms with Gasteiger partial charge in [-0.2, -0.15) is 0 Å². The molecule has 110 valence electrons. The van der Waals surface area contributed by atoms with Crippen LogP contribution in [0.4, 0.5) is 0 Å². The Morgan fingerprint density at radius 2 is 2.05 bits per heavy atom. The molecule has 0 saturated carbocycles. The third-order valence-corrected chi connectivity index (χ3v) is 3.84. The molecule has 0 saturated heterocycles. The molecule has 1 heterocycles. The summed E-state index contributed by atoms with van der Waals surface area (Å²) in [6, 6.07) is 16.9.